The summed E-state index contributed by atoms with van der Waals surface area (Å²) in [4.78, 5) is 4.64. The number of benzene rings is 1. The summed E-state index contributed by atoms with van der Waals surface area (Å²) in [6.45, 7) is 3.36. The Balaban J connectivity index is 2.32. The number of thioether (sulfide) groups is 1. The lowest BCUT2D eigenvalue weighted by Crippen LogP contribution is -2.05. The summed E-state index contributed by atoms with van der Waals surface area (Å²) < 4.78 is 7.35. The lowest BCUT2D eigenvalue weighted by atomic mass is 10.3. The van der Waals surface area contributed by atoms with E-state index < -0.39 is 0 Å². The first kappa shape index (κ1) is 13.0. The number of fused-ring (bicyclic) bond motifs is 1. The van der Waals surface area contributed by atoms with Gasteiger partial charge >= 0.3 is 0 Å². The van der Waals surface area contributed by atoms with Crippen LogP contribution in [0, 0.1) is 11.8 Å². The van der Waals surface area contributed by atoms with Crippen LogP contribution in [0.15, 0.2) is 29.4 Å². The minimum Gasteiger partial charge on any atom is -0.383 e. The van der Waals surface area contributed by atoms with Gasteiger partial charge in [-0.15, -0.1) is 5.92 Å². The first-order chi connectivity index (χ1) is 8.86. The van der Waals surface area contributed by atoms with E-state index in [9.17, 15) is 0 Å². The van der Waals surface area contributed by atoms with Crippen molar-refractivity contribution in [3.63, 3.8) is 0 Å². The molecule has 0 aliphatic carbocycles. The van der Waals surface area contributed by atoms with E-state index in [1.54, 1.807) is 18.9 Å². The van der Waals surface area contributed by atoms with E-state index in [4.69, 9.17) is 4.74 Å². The Hall–Kier alpha value is -1.44. The first-order valence-corrected chi connectivity index (χ1v) is 6.82. The molecule has 0 N–H and O–H groups in total. The second kappa shape index (κ2) is 6.48. The average molecular weight is 260 g/mol. The quantitative estimate of drug-likeness (QED) is 0.611. The maximum Gasteiger partial charge on any atom is 0.170 e. The third kappa shape index (κ3) is 2.87. The third-order valence-corrected chi connectivity index (χ3v) is 3.45. The van der Waals surface area contributed by atoms with Gasteiger partial charge in [0, 0.05) is 13.7 Å². The molecule has 1 aromatic carbocycles. The Morgan fingerprint density at radius 2 is 2.22 bits per heavy atom. The smallest absolute Gasteiger partial charge is 0.170 e. The molecule has 0 atom stereocenters. The van der Waals surface area contributed by atoms with E-state index in [-0.39, 0.29) is 0 Å². The normalized spacial score (nSPS) is 10.3. The van der Waals surface area contributed by atoms with Crippen molar-refractivity contribution in [2.45, 2.75) is 18.6 Å². The molecule has 0 saturated carbocycles. The number of ether oxygens (including phenoxy) is 1. The summed E-state index contributed by atoms with van der Waals surface area (Å²) in [7, 11) is 1.72. The summed E-state index contributed by atoms with van der Waals surface area (Å²) in [6.07, 6.45) is 0. The van der Waals surface area contributed by atoms with Crippen LogP contribution in [0.4, 0.5) is 0 Å². The molecule has 0 bridgehead atoms. The van der Waals surface area contributed by atoms with Crippen molar-refractivity contribution < 1.29 is 4.74 Å². The van der Waals surface area contributed by atoms with E-state index in [0.717, 1.165) is 28.5 Å². The van der Waals surface area contributed by atoms with Crippen molar-refractivity contribution in [2.75, 3.05) is 19.5 Å². The van der Waals surface area contributed by atoms with Gasteiger partial charge in [-0.1, -0.05) is 29.8 Å². The molecule has 3 nitrogen and oxygen atoms in total. The number of nitrogens with zero attached hydrogens (tertiary/aromatic N) is 2. The monoisotopic (exact) mass is 260 g/mol. The molecule has 0 radical (unpaired) electrons. The second-order valence-corrected chi connectivity index (χ2v) is 4.69. The molecule has 2 aromatic rings. The highest BCUT2D eigenvalue weighted by Gasteiger charge is 2.09. The van der Waals surface area contributed by atoms with Gasteiger partial charge in [0.05, 0.1) is 23.4 Å². The highest BCUT2D eigenvalue weighted by atomic mass is 32.2. The van der Waals surface area contributed by atoms with Crippen LogP contribution >= 0.6 is 11.8 Å². The van der Waals surface area contributed by atoms with Gasteiger partial charge < -0.3 is 9.30 Å². The first-order valence-electron chi connectivity index (χ1n) is 5.83. The number of hydrogen-bond donors (Lipinski definition) is 0. The van der Waals surface area contributed by atoms with Gasteiger partial charge in [0.1, 0.15) is 0 Å². The standard InChI is InChI=1S/C14H16N2OS/c1-3-4-11-18-14-15-12-7-5-6-8-13(12)16(14)9-10-17-2/h5-8H,9-11H2,1-2H3. The van der Waals surface area contributed by atoms with E-state index in [1.807, 2.05) is 25.1 Å². The maximum absolute atomic E-state index is 5.16. The van der Waals surface area contributed by atoms with Crippen LogP contribution in [-0.4, -0.2) is 29.0 Å². The summed E-state index contributed by atoms with van der Waals surface area (Å²) in [5.41, 5.74) is 2.18. The Labute approximate surface area is 112 Å². The van der Waals surface area contributed by atoms with Crippen molar-refractivity contribution in [1.29, 1.82) is 0 Å². The molecule has 0 aliphatic rings. The molecule has 0 saturated heterocycles. The predicted molar refractivity (Wildman–Crippen MR) is 75.8 cm³/mol. The van der Waals surface area contributed by atoms with Crippen molar-refractivity contribution >= 4 is 22.8 Å². The number of aromatic nitrogens is 2. The lowest BCUT2D eigenvalue weighted by molar-refractivity contribution is 0.186. The van der Waals surface area contributed by atoms with Crippen LogP contribution in [0.1, 0.15) is 6.92 Å². The number of para-hydroxylation sites is 2. The fourth-order valence-corrected chi connectivity index (χ4v) is 2.59. The SMILES string of the molecule is CC#CCSc1nc2ccccc2n1CCOC. The number of imidazole rings is 1. The molecular weight excluding hydrogens is 244 g/mol. The Morgan fingerprint density at radius 3 is 3.00 bits per heavy atom. The molecule has 2 rings (SSSR count). The number of methoxy groups -OCH3 is 1. The van der Waals surface area contributed by atoms with E-state index in [0.29, 0.717) is 6.61 Å². The van der Waals surface area contributed by atoms with Crippen molar-refractivity contribution in [1.82, 2.24) is 9.55 Å². The molecule has 18 heavy (non-hydrogen) atoms. The summed E-state index contributed by atoms with van der Waals surface area (Å²) in [6, 6.07) is 8.17. The van der Waals surface area contributed by atoms with Gasteiger partial charge in [-0.2, -0.15) is 0 Å². The zero-order valence-corrected chi connectivity index (χ0v) is 11.5. The fourth-order valence-electron chi connectivity index (χ4n) is 1.74. The topological polar surface area (TPSA) is 27.1 Å². The molecular formula is C14H16N2OS. The highest BCUT2D eigenvalue weighted by Crippen LogP contribution is 2.23. The summed E-state index contributed by atoms with van der Waals surface area (Å²) in [5, 5.41) is 1.01. The van der Waals surface area contributed by atoms with Crippen LogP contribution < -0.4 is 0 Å². The molecule has 94 valence electrons. The summed E-state index contributed by atoms with van der Waals surface area (Å²) >= 11 is 1.67. The van der Waals surface area contributed by atoms with Gasteiger partial charge in [0.25, 0.3) is 0 Å². The van der Waals surface area contributed by atoms with Crippen LogP contribution in [0.3, 0.4) is 0 Å². The van der Waals surface area contributed by atoms with Crippen LogP contribution in [0.25, 0.3) is 11.0 Å². The third-order valence-electron chi connectivity index (χ3n) is 2.59. The van der Waals surface area contributed by atoms with Crippen molar-refractivity contribution in [3.05, 3.63) is 24.3 Å². The Kier molecular flexibility index (Phi) is 4.68. The second-order valence-electron chi connectivity index (χ2n) is 3.74. The van der Waals surface area contributed by atoms with Crippen molar-refractivity contribution in [2.24, 2.45) is 0 Å². The number of hydrogen-bond acceptors (Lipinski definition) is 3. The molecule has 1 aromatic heterocycles. The van der Waals surface area contributed by atoms with Gasteiger partial charge in [-0.25, -0.2) is 4.98 Å². The average Bonchev–Trinajstić information content (AvgIpc) is 2.74. The van der Waals surface area contributed by atoms with Crippen LogP contribution in [0.2, 0.25) is 0 Å². The van der Waals surface area contributed by atoms with Gasteiger partial charge in [0.2, 0.25) is 0 Å². The lowest BCUT2D eigenvalue weighted by Gasteiger charge is -2.06. The van der Waals surface area contributed by atoms with Gasteiger partial charge in [-0.3, -0.25) is 0 Å². The fraction of sp³-hybridized carbons (Fsp3) is 0.357. The zero-order valence-electron chi connectivity index (χ0n) is 10.6. The maximum atomic E-state index is 5.16. The number of rotatable bonds is 5. The van der Waals surface area contributed by atoms with E-state index >= 15 is 0 Å². The molecule has 0 aliphatic heterocycles. The van der Waals surface area contributed by atoms with Crippen molar-refractivity contribution in [3.8, 4) is 11.8 Å². The molecule has 0 fully saturated rings. The molecule has 4 heteroatoms. The minimum atomic E-state index is 0.688. The van der Waals surface area contributed by atoms with Gasteiger partial charge in [0.15, 0.2) is 5.16 Å². The zero-order chi connectivity index (χ0) is 12.8. The predicted octanol–water partition coefficient (Wildman–Crippen LogP) is 2.80. The molecule has 0 amide bonds. The molecule has 0 unspecified atom stereocenters. The largest absolute Gasteiger partial charge is 0.383 e. The van der Waals surface area contributed by atoms with Crippen LogP contribution in [-0.2, 0) is 11.3 Å². The highest BCUT2D eigenvalue weighted by molar-refractivity contribution is 7.99. The Morgan fingerprint density at radius 1 is 1.39 bits per heavy atom. The Bertz CT molecular complexity index is 580. The molecule has 1 heterocycles. The van der Waals surface area contributed by atoms with E-state index in [1.165, 1.54) is 0 Å². The summed E-state index contributed by atoms with van der Waals surface area (Å²) in [5.74, 6) is 6.73. The molecule has 0 spiro atoms. The van der Waals surface area contributed by atoms with Crippen LogP contribution in [0.5, 0.6) is 0 Å². The van der Waals surface area contributed by atoms with Gasteiger partial charge in [-0.05, 0) is 19.1 Å². The van der Waals surface area contributed by atoms with E-state index in [2.05, 4.69) is 27.5 Å². The minimum absolute atomic E-state index is 0.688.